The zero-order valence-electron chi connectivity index (χ0n) is 13.4. The first-order valence-corrected chi connectivity index (χ1v) is 7.39. The molecule has 0 saturated heterocycles. The molecule has 8 heteroatoms. The minimum Gasteiger partial charge on any atom is -0.468 e. The van der Waals surface area contributed by atoms with Crippen LogP contribution in [-0.4, -0.2) is 23.7 Å². The molecule has 1 amide bonds. The number of aromatic nitrogens is 1. The molecule has 1 N–H and O–H groups in total. The molecule has 0 spiro atoms. The van der Waals surface area contributed by atoms with Gasteiger partial charge in [0, 0.05) is 18.8 Å². The summed E-state index contributed by atoms with van der Waals surface area (Å²) in [6, 6.07) is 7.03. The molecule has 0 unspecified atom stereocenters. The van der Waals surface area contributed by atoms with Gasteiger partial charge in [0.05, 0.1) is 6.42 Å². The standard InChI is InChI=1S/C17H16F4N2O2/c1-11-8-23-16(25-10-17(19,20)21)7-13(11)9-22-15(24)6-12-3-2-4-14(18)5-12/h2-5,7-8H,6,9-10H2,1H3,(H,22,24). The van der Waals surface area contributed by atoms with E-state index in [1.165, 1.54) is 30.5 Å². The van der Waals surface area contributed by atoms with Gasteiger partial charge in [-0.2, -0.15) is 13.2 Å². The summed E-state index contributed by atoms with van der Waals surface area (Å²) in [4.78, 5) is 15.7. The van der Waals surface area contributed by atoms with Gasteiger partial charge >= 0.3 is 6.18 Å². The smallest absolute Gasteiger partial charge is 0.422 e. The number of hydrogen-bond donors (Lipinski definition) is 1. The maximum absolute atomic E-state index is 13.1. The Kier molecular flexibility index (Phi) is 5.95. The van der Waals surface area contributed by atoms with Gasteiger partial charge in [-0.05, 0) is 35.7 Å². The molecule has 2 aromatic rings. The summed E-state index contributed by atoms with van der Waals surface area (Å²) in [5.41, 5.74) is 1.81. The third-order valence-electron chi connectivity index (χ3n) is 3.30. The van der Waals surface area contributed by atoms with Crippen LogP contribution in [-0.2, 0) is 17.8 Å². The van der Waals surface area contributed by atoms with Crippen molar-refractivity contribution in [3.8, 4) is 5.88 Å². The van der Waals surface area contributed by atoms with Gasteiger partial charge in [0.25, 0.3) is 0 Å². The number of benzene rings is 1. The van der Waals surface area contributed by atoms with Crippen molar-refractivity contribution in [2.24, 2.45) is 0 Å². The first-order valence-electron chi connectivity index (χ1n) is 7.39. The summed E-state index contributed by atoms with van der Waals surface area (Å²) >= 11 is 0. The highest BCUT2D eigenvalue weighted by molar-refractivity contribution is 5.78. The molecule has 1 aromatic carbocycles. The number of aryl methyl sites for hydroxylation is 1. The molecular weight excluding hydrogens is 340 g/mol. The van der Waals surface area contributed by atoms with Gasteiger partial charge in [0.15, 0.2) is 6.61 Å². The lowest BCUT2D eigenvalue weighted by Crippen LogP contribution is -2.25. The number of hydrogen-bond acceptors (Lipinski definition) is 3. The molecule has 0 aliphatic carbocycles. The quantitative estimate of drug-likeness (QED) is 0.808. The van der Waals surface area contributed by atoms with Gasteiger partial charge in [-0.1, -0.05) is 12.1 Å². The van der Waals surface area contributed by atoms with E-state index < -0.39 is 18.6 Å². The van der Waals surface area contributed by atoms with Crippen LogP contribution in [0.5, 0.6) is 5.88 Å². The van der Waals surface area contributed by atoms with Crippen molar-refractivity contribution in [3.63, 3.8) is 0 Å². The van der Waals surface area contributed by atoms with E-state index in [9.17, 15) is 22.4 Å². The molecular formula is C17H16F4N2O2. The number of rotatable bonds is 6. The second-order valence-corrected chi connectivity index (χ2v) is 5.44. The van der Waals surface area contributed by atoms with Crippen molar-refractivity contribution in [3.05, 3.63) is 59.0 Å². The van der Waals surface area contributed by atoms with Gasteiger partial charge in [-0.25, -0.2) is 9.37 Å². The third-order valence-corrected chi connectivity index (χ3v) is 3.30. The number of ether oxygens (including phenoxy) is 1. The van der Waals surface area contributed by atoms with Crippen molar-refractivity contribution in [1.82, 2.24) is 10.3 Å². The van der Waals surface area contributed by atoms with Crippen LogP contribution in [0, 0.1) is 12.7 Å². The number of carbonyl (C=O) groups excluding carboxylic acids is 1. The number of pyridine rings is 1. The van der Waals surface area contributed by atoms with Crippen LogP contribution in [0.2, 0.25) is 0 Å². The van der Waals surface area contributed by atoms with Crippen molar-refractivity contribution in [2.75, 3.05) is 6.61 Å². The summed E-state index contributed by atoms with van der Waals surface area (Å²) in [5.74, 6) is -0.932. The molecule has 2 rings (SSSR count). The Morgan fingerprint density at radius 3 is 2.72 bits per heavy atom. The molecule has 1 heterocycles. The van der Waals surface area contributed by atoms with Crippen LogP contribution in [0.1, 0.15) is 16.7 Å². The first kappa shape index (κ1) is 18.7. The van der Waals surface area contributed by atoms with Crippen molar-refractivity contribution < 1.29 is 27.1 Å². The van der Waals surface area contributed by atoms with Crippen LogP contribution in [0.15, 0.2) is 36.5 Å². The van der Waals surface area contributed by atoms with Crippen LogP contribution in [0.4, 0.5) is 17.6 Å². The molecule has 0 atom stereocenters. The lowest BCUT2D eigenvalue weighted by Gasteiger charge is -2.12. The average molecular weight is 356 g/mol. The number of nitrogens with one attached hydrogen (secondary N) is 1. The highest BCUT2D eigenvalue weighted by Crippen LogP contribution is 2.19. The van der Waals surface area contributed by atoms with E-state index in [1.54, 1.807) is 13.0 Å². The monoisotopic (exact) mass is 356 g/mol. The van der Waals surface area contributed by atoms with E-state index >= 15 is 0 Å². The molecule has 4 nitrogen and oxygen atoms in total. The fraction of sp³-hybridized carbons (Fsp3) is 0.294. The average Bonchev–Trinajstić information content (AvgIpc) is 2.52. The van der Waals surface area contributed by atoms with Gasteiger partial charge in [0.2, 0.25) is 11.8 Å². The van der Waals surface area contributed by atoms with E-state index in [4.69, 9.17) is 0 Å². The minimum atomic E-state index is -4.45. The predicted molar refractivity (Wildman–Crippen MR) is 82.5 cm³/mol. The SMILES string of the molecule is Cc1cnc(OCC(F)(F)F)cc1CNC(=O)Cc1cccc(F)c1. The van der Waals surface area contributed by atoms with Gasteiger partial charge < -0.3 is 10.1 Å². The van der Waals surface area contributed by atoms with E-state index in [2.05, 4.69) is 15.0 Å². The fourth-order valence-electron chi connectivity index (χ4n) is 2.06. The Hall–Kier alpha value is -2.64. The number of carbonyl (C=O) groups is 1. The molecule has 25 heavy (non-hydrogen) atoms. The summed E-state index contributed by atoms with van der Waals surface area (Å²) in [6.07, 6.45) is -3.08. The fourth-order valence-corrected chi connectivity index (χ4v) is 2.06. The van der Waals surface area contributed by atoms with Crippen molar-refractivity contribution >= 4 is 5.91 Å². The maximum Gasteiger partial charge on any atom is 0.422 e. The van der Waals surface area contributed by atoms with E-state index in [0.29, 0.717) is 16.7 Å². The number of alkyl halides is 3. The topological polar surface area (TPSA) is 51.2 Å². The Morgan fingerprint density at radius 2 is 2.04 bits per heavy atom. The molecule has 0 aliphatic rings. The summed E-state index contributed by atoms with van der Waals surface area (Å²) in [7, 11) is 0. The van der Waals surface area contributed by atoms with Crippen LogP contribution >= 0.6 is 0 Å². The molecule has 0 saturated carbocycles. The highest BCUT2D eigenvalue weighted by atomic mass is 19.4. The summed E-state index contributed by atoms with van der Waals surface area (Å²) in [5, 5.41) is 2.64. The van der Waals surface area contributed by atoms with Gasteiger partial charge in [-0.3, -0.25) is 4.79 Å². The third kappa shape index (κ3) is 6.40. The Bertz CT molecular complexity index is 748. The minimum absolute atomic E-state index is 0.000673. The normalized spacial score (nSPS) is 11.2. The molecule has 0 bridgehead atoms. The van der Waals surface area contributed by atoms with Crippen LogP contribution in [0.3, 0.4) is 0 Å². The molecule has 0 radical (unpaired) electrons. The Morgan fingerprint density at radius 1 is 1.28 bits per heavy atom. The van der Waals surface area contributed by atoms with Gasteiger partial charge in [0.1, 0.15) is 5.82 Å². The maximum atomic E-state index is 13.1. The van der Waals surface area contributed by atoms with E-state index in [-0.39, 0.29) is 24.8 Å². The number of amides is 1. The van der Waals surface area contributed by atoms with E-state index in [0.717, 1.165) is 0 Å². The lowest BCUT2D eigenvalue weighted by atomic mass is 10.1. The summed E-state index contributed by atoms with van der Waals surface area (Å²) in [6.45, 7) is 0.383. The van der Waals surface area contributed by atoms with Crippen LogP contribution < -0.4 is 10.1 Å². The Balaban J connectivity index is 1.94. The largest absolute Gasteiger partial charge is 0.468 e. The second kappa shape index (κ2) is 7.96. The Labute approximate surface area is 141 Å². The lowest BCUT2D eigenvalue weighted by molar-refractivity contribution is -0.154. The van der Waals surface area contributed by atoms with Crippen molar-refractivity contribution in [1.29, 1.82) is 0 Å². The highest BCUT2D eigenvalue weighted by Gasteiger charge is 2.28. The van der Waals surface area contributed by atoms with Crippen molar-refractivity contribution in [2.45, 2.75) is 26.1 Å². The molecule has 1 aromatic heterocycles. The molecule has 134 valence electrons. The number of nitrogens with zero attached hydrogens (tertiary/aromatic N) is 1. The first-order chi connectivity index (χ1) is 11.7. The van der Waals surface area contributed by atoms with E-state index in [1.807, 2.05) is 0 Å². The zero-order valence-corrected chi connectivity index (χ0v) is 13.4. The summed E-state index contributed by atoms with van der Waals surface area (Å²) < 4.78 is 54.2. The molecule has 0 fully saturated rings. The van der Waals surface area contributed by atoms with Gasteiger partial charge in [-0.15, -0.1) is 0 Å². The van der Waals surface area contributed by atoms with Crippen LogP contribution in [0.25, 0.3) is 0 Å². The molecule has 0 aliphatic heterocycles. The number of halogens is 4. The predicted octanol–water partition coefficient (Wildman–Crippen LogP) is 3.33. The zero-order chi connectivity index (χ0) is 18.4. The second-order valence-electron chi connectivity index (χ2n) is 5.44.